The predicted molar refractivity (Wildman–Crippen MR) is 127 cm³/mol. The highest BCUT2D eigenvalue weighted by atomic mass is 32.1. The molecule has 0 fully saturated rings. The minimum atomic E-state index is 0.0443. The summed E-state index contributed by atoms with van der Waals surface area (Å²) in [6, 6.07) is 15.3. The molecule has 2 heterocycles. The molecule has 0 unspecified atom stereocenters. The fraction of sp³-hybridized carbons (Fsp3) is 0. The minimum Gasteiger partial charge on any atom is -0.457 e. The first-order valence-electron chi connectivity index (χ1n) is 9.27. The Hall–Kier alpha value is -3.90. The van der Waals surface area contributed by atoms with Crippen LogP contribution in [0.3, 0.4) is 0 Å². The largest absolute Gasteiger partial charge is 0.457 e. The second-order valence-electron chi connectivity index (χ2n) is 6.73. The van der Waals surface area contributed by atoms with Gasteiger partial charge in [-0.15, -0.1) is 11.3 Å². The van der Waals surface area contributed by atoms with Crippen LogP contribution in [0.15, 0.2) is 77.3 Å². The molecule has 30 heavy (non-hydrogen) atoms. The number of hydrogen-bond acceptors (Lipinski definition) is 4. The summed E-state index contributed by atoms with van der Waals surface area (Å²) in [6.45, 7) is 0. The zero-order valence-corrected chi connectivity index (χ0v) is 16.9. The van der Waals surface area contributed by atoms with Crippen LogP contribution in [0.5, 0.6) is 0 Å². The molecule has 4 aromatic rings. The molecule has 0 aliphatic heterocycles. The van der Waals surface area contributed by atoms with Crippen LogP contribution in [-0.2, 0) is 0 Å². The predicted octanol–water partition coefficient (Wildman–Crippen LogP) is 5.50. The van der Waals surface area contributed by atoms with E-state index in [0.717, 1.165) is 32.6 Å². The molecule has 0 saturated carbocycles. The van der Waals surface area contributed by atoms with Gasteiger partial charge in [0.2, 0.25) is 0 Å². The van der Waals surface area contributed by atoms with Crippen molar-refractivity contribution in [3.8, 4) is 0 Å². The topological polar surface area (TPSA) is 113 Å². The number of fused-ring (bicyclic) bond motifs is 2. The molecule has 0 spiro atoms. The van der Waals surface area contributed by atoms with Crippen LogP contribution in [0.1, 0.15) is 21.8 Å². The van der Waals surface area contributed by atoms with E-state index in [2.05, 4.69) is 6.07 Å². The van der Waals surface area contributed by atoms with Crippen LogP contribution in [0.25, 0.3) is 33.2 Å². The van der Waals surface area contributed by atoms with Crippen LogP contribution in [0.2, 0.25) is 0 Å². The summed E-state index contributed by atoms with van der Waals surface area (Å²) in [5.41, 5.74) is 13.3. The SMILES string of the molecule is N=C(N)c1ccc2oc(/C=C/C=C/C=C/c3cc4cc(C(=N)N)ccc4s3)cc2c1. The first-order chi connectivity index (χ1) is 14.5. The van der Waals surface area contributed by atoms with Gasteiger partial charge in [-0.3, -0.25) is 10.8 Å². The van der Waals surface area contributed by atoms with Gasteiger partial charge in [-0.25, -0.2) is 0 Å². The highest BCUT2D eigenvalue weighted by Gasteiger charge is 2.04. The molecule has 0 saturated heterocycles. The van der Waals surface area contributed by atoms with Gasteiger partial charge in [-0.2, -0.15) is 0 Å². The van der Waals surface area contributed by atoms with E-state index in [4.69, 9.17) is 26.7 Å². The molecule has 0 radical (unpaired) electrons. The van der Waals surface area contributed by atoms with Crippen molar-refractivity contribution < 1.29 is 4.42 Å². The normalized spacial score (nSPS) is 12.1. The first kappa shape index (κ1) is 19.4. The third kappa shape index (κ3) is 4.24. The third-order valence-corrected chi connectivity index (χ3v) is 5.63. The molecule has 2 aromatic carbocycles. The van der Waals surface area contributed by atoms with Crippen molar-refractivity contribution in [1.29, 1.82) is 10.8 Å². The summed E-state index contributed by atoms with van der Waals surface area (Å²) in [4.78, 5) is 1.14. The number of hydrogen-bond donors (Lipinski definition) is 4. The molecule has 0 aliphatic rings. The van der Waals surface area contributed by atoms with E-state index in [9.17, 15) is 0 Å². The maximum atomic E-state index is 7.54. The summed E-state index contributed by atoms with van der Waals surface area (Å²) >= 11 is 1.69. The number of nitrogens with one attached hydrogen (secondary N) is 2. The number of benzene rings is 2. The van der Waals surface area contributed by atoms with Gasteiger partial charge in [0.05, 0.1) is 0 Å². The van der Waals surface area contributed by atoms with E-state index in [0.29, 0.717) is 5.56 Å². The first-order valence-corrected chi connectivity index (χ1v) is 10.1. The Morgan fingerprint density at radius 2 is 1.43 bits per heavy atom. The molecule has 6 N–H and O–H groups in total. The number of thiophene rings is 1. The van der Waals surface area contributed by atoms with Crippen molar-refractivity contribution >= 4 is 56.2 Å². The average Bonchev–Trinajstić information content (AvgIpc) is 3.32. The molecule has 5 nitrogen and oxygen atoms in total. The van der Waals surface area contributed by atoms with E-state index in [1.54, 1.807) is 17.4 Å². The van der Waals surface area contributed by atoms with Gasteiger partial charge in [-0.05, 0) is 66.1 Å². The van der Waals surface area contributed by atoms with E-state index < -0.39 is 0 Å². The Labute approximate surface area is 177 Å². The van der Waals surface area contributed by atoms with Gasteiger partial charge in [0.15, 0.2) is 0 Å². The van der Waals surface area contributed by atoms with Gasteiger partial charge < -0.3 is 15.9 Å². The van der Waals surface area contributed by atoms with Gasteiger partial charge in [0, 0.05) is 26.1 Å². The van der Waals surface area contributed by atoms with Gasteiger partial charge in [-0.1, -0.05) is 24.3 Å². The number of nitrogens with two attached hydrogens (primary N) is 2. The second kappa shape index (κ2) is 8.23. The summed E-state index contributed by atoms with van der Waals surface area (Å²) < 4.78 is 6.93. The highest BCUT2D eigenvalue weighted by molar-refractivity contribution is 7.19. The van der Waals surface area contributed by atoms with Crippen LogP contribution in [0, 0.1) is 10.8 Å². The van der Waals surface area contributed by atoms with Crippen molar-refractivity contribution in [1.82, 2.24) is 0 Å². The highest BCUT2D eigenvalue weighted by Crippen LogP contribution is 2.27. The summed E-state index contributed by atoms with van der Waals surface area (Å²) in [7, 11) is 0. The fourth-order valence-electron chi connectivity index (χ4n) is 3.06. The van der Waals surface area contributed by atoms with Crippen LogP contribution >= 0.6 is 11.3 Å². The summed E-state index contributed by atoms with van der Waals surface area (Å²) in [5.74, 6) is 0.867. The molecule has 0 bridgehead atoms. The molecule has 0 aliphatic carbocycles. The maximum Gasteiger partial charge on any atom is 0.134 e. The molecule has 6 heteroatoms. The number of nitrogen functional groups attached to an aromatic ring is 2. The molecule has 4 rings (SSSR count). The molecule has 2 aromatic heterocycles. The Morgan fingerprint density at radius 1 is 0.767 bits per heavy atom. The maximum absolute atomic E-state index is 7.54. The molecular weight excluding hydrogens is 392 g/mol. The lowest BCUT2D eigenvalue weighted by Gasteiger charge is -1.96. The lowest BCUT2D eigenvalue weighted by Crippen LogP contribution is -2.10. The zero-order chi connectivity index (χ0) is 21.1. The smallest absolute Gasteiger partial charge is 0.134 e. The van der Waals surface area contributed by atoms with E-state index in [1.165, 1.54) is 4.70 Å². The zero-order valence-electron chi connectivity index (χ0n) is 16.1. The van der Waals surface area contributed by atoms with Crippen LogP contribution in [0.4, 0.5) is 0 Å². The van der Waals surface area contributed by atoms with Gasteiger partial charge in [0.1, 0.15) is 23.0 Å². The number of allylic oxidation sites excluding steroid dienone is 4. The lowest BCUT2D eigenvalue weighted by atomic mass is 10.1. The van der Waals surface area contributed by atoms with Crippen molar-refractivity contribution in [3.05, 3.63) is 94.6 Å². The molecule has 0 amide bonds. The third-order valence-electron chi connectivity index (χ3n) is 4.55. The number of rotatable bonds is 6. The van der Waals surface area contributed by atoms with Gasteiger partial charge >= 0.3 is 0 Å². The Morgan fingerprint density at radius 3 is 2.17 bits per heavy atom. The van der Waals surface area contributed by atoms with E-state index in [-0.39, 0.29) is 11.7 Å². The van der Waals surface area contributed by atoms with Crippen LogP contribution in [-0.4, -0.2) is 11.7 Å². The quantitative estimate of drug-likeness (QED) is 0.190. The van der Waals surface area contributed by atoms with Gasteiger partial charge in [0.25, 0.3) is 0 Å². The standard InChI is InChI=1S/C24H20N4OS/c25-23(26)15-7-9-21-17(11-15)13-19(29-21)5-3-1-2-4-6-20-14-18-12-16(24(27)28)8-10-22(18)30-20/h1-14H,(H3,25,26)(H3,27,28)/b2-1+,5-3+,6-4+. The monoisotopic (exact) mass is 412 g/mol. The average molecular weight is 413 g/mol. The number of amidine groups is 2. The Balaban J connectivity index is 1.42. The Kier molecular flexibility index (Phi) is 5.32. The lowest BCUT2D eigenvalue weighted by molar-refractivity contribution is 0.604. The molecular formula is C24H20N4OS. The van der Waals surface area contributed by atoms with Crippen molar-refractivity contribution in [2.45, 2.75) is 0 Å². The van der Waals surface area contributed by atoms with Crippen molar-refractivity contribution in [2.75, 3.05) is 0 Å². The molecule has 0 atom stereocenters. The molecule has 148 valence electrons. The van der Waals surface area contributed by atoms with Crippen LogP contribution < -0.4 is 11.5 Å². The second-order valence-corrected chi connectivity index (χ2v) is 7.85. The van der Waals surface area contributed by atoms with E-state index >= 15 is 0 Å². The summed E-state index contributed by atoms with van der Waals surface area (Å²) in [5, 5.41) is 17.1. The Bertz CT molecular complexity index is 1250. The van der Waals surface area contributed by atoms with Crippen molar-refractivity contribution in [2.24, 2.45) is 11.5 Å². The minimum absolute atomic E-state index is 0.0443. The fourth-order valence-corrected chi connectivity index (χ4v) is 4.01. The van der Waals surface area contributed by atoms with E-state index in [1.807, 2.05) is 72.9 Å². The van der Waals surface area contributed by atoms with Crippen molar-refractivity contribution in [3.63, 3.8) is 0 Å². The number of furan rings is 1. The summed E-state index contributed by atoms with van der Waals surface area (Å²) in [6.07, 6.45) is 11.7.